The summed E-state index contributed by atoms with van der Waals surface area (Å²) in [6, 6.07) is 7.51. The second-order valence-electron chi connectivity index (χ2n) is 7.00. The predicted octanol–water partition coefficient (Wildman–Crippen LogP) is 1.56. The second kappa shape index (κ2) is 5.16. The van der Waals surface area contributed by atoms with Crippen molar-refractivity contribution in [3.63, 3.8) is 0 Å². The van der Waals surface area contributed by atoms with E-state index in [-0.39, 0.29) is 19.3 Å². The fourth-order valence-corrected chi connectivity index (χ4v) is 3.49. The number of nitrogens with zero attached hydrogens (tertiary/aromatic N) is 1. The molecule has 3 saturated heterocycles. The second-order valence-corrected chi connectivity index (χ2v) is 7.00. The molecule has 1 amide bonds. The van der Waals surface area contributed by atoms with E-state index >= 15 is 0 Å². The first-order chi connectivity index (χ1) is 11.3. The first-order valence-electron chi connectivity index (χ1n) is 8.04. The van der Waals surface area contributed by atoms with Gasteiger partial charge in [0, 0.05) is 5.69 Å². The maximum atomic E-state index is 12.3. The smallest absolute Gasteiger partial charge is 0.411 e. The molecule has 0 aromatic heterocycles. The average molecular weight is 335 g/mol. The van der Waals surface area contributed by atoms with Crippen LogP contribution in [0, 0.1) is 6.92 Å². The summed E-state index contributed by atoms with van der Waals surface area (Å²) in [6.45, 7) is 5.83. The van der Waals surface area contributed by atoms with Crippen molar-refractivity contribution in [2.75, 3.05) is 18.1 Å². The molecule has 7 nitrogen and oxygen atoms in total. The standard InChI is InChI=1S/C17H21NO6/c1-10-4-6-11(7-5-10)18-9-17(24-15(18)20)14(19)13-12(8-21-17)22-16(2,3)23-13/h4-7,12-14,19H,8-9H2,1-3H3/t12-,13?,14+,17+/m1/s1. The SMILES string of the molecule is Cc1ccc(N2C[C@]3(OC[C@H]4OC(C)(C)OC4[C@@H]3O)OC2=O)cc1. The molecule has 1 unspecified atom stereocenters. The number of aryl methyl sites for hydroxylation is 1. The number of carbonyl (C=O) groups excluding carboxylic acids is 1. The maximum absolute atomic E-state index is 12.3. The van der Waals surface area contributed by atoms with Crippen molar-refractivity contribution in [3.05, 3.63) is 29.8 Å². The molecule has 0 saturated carbocycles. The number of hydrogen-bond donors (Lipinski definition) is 1. The highest BCUT2D eigenvalue weighted by Gasteiger charge is 2.62. The first-order valence-corrected chi connectivity index (χ1v) is 8.04. The Morgan fingerprint density at radius 3 is 2.62 bits per heavy atom. The molecule has 3 fully saturated rings. The van der Waals surface area contributed by atoms with Crippen LogP contribution in [0.15, 0.2) is 24.3 Å². The molecular formula is C17H21NO6. The Hall–Kier alpha value is -1.67. The van der Waals surface area contributed by atoms with Gasteiger partial charge in [-0.15, -0.1) is 0 Å². The highest BCUT2D eigenvalue weighted by molar-refractivity contribution is 5.90. The van der Waals surface area contributed by atoms with Crippen molar-refractivity contribution in [1.82, 2.24) is 0 Å². The highest BCUT2D eigenvalue weighted by atomic mass is 16.8. The lowest BCUT2D eigenvalue weighted by Gasteiger charge is -2.40. The zero-order valence-electron chi connectivity index (χ0n) is 13.9. The number of ether oxygens (including phenoxy) is 4. The zero-order chi connectivity index (χ0) is 17.1. The zero-order valence-corrected chi connectivity index (χ0v) is 13.9. The van der Waals surface area contributed by atoms with Gasteiger partial charge in [0.25, 0.3) is 5.79 Å². The number of anilines is 1. The molecule has 1 spiro atoms. The number of amides is 1. The minimum Gasteiger partial charge on any atom is -0.411 e. The van der Waals surface area contributed by atoms with Gasteiger partial charge in [-0.05, 0) is 32.9 Å². The highest BCUT2D eigenvalue weighted by Crippen LogP contribution is 2.42. The molecule has 4 atom stereocenters. The molecule has 0 bridgehead atoms. The molecular weight excluding hydrogens is 314 g/mol. The fraction of sp³-hybridized carbons (Fsp3) is 0.588. The van der Waals surface area contributed by atoms with Crippen molar-refractivity contribution in [2.24, 2.45) is 0 Å². The van der Waals surface area contributed by atoms with Gasteiger partial charge in [0.15, 0.2) is 11.9 Å². The lowest BCUT2D eigenvalue weighted by molar-refractivity contribution is -0.285. The minimum atomic E-state index is -1.44. The van der Waals surface area contributed by atoms with Gasteiger partial charge in [0.1, 0.15) is 12.2 Å². The third-order valence-electron chi connectivity index (χ3n) is 4.68. The first kappa shape index (κ1) is 15.8. The summed E-state index contributed by atoms with van der Waals surface area (Å²) in [5.74, 6) is -2.24. The molecule has 3 heterocycles. The number of aliphatic hydroxyl groups is 1. The summed E-state index contributed by atoms with van der Waals surface area (Å²) in [7, 11) is 0. The molecule has 4 rings (SSSR count). The van der Waals surface area contributed by atoms with Gasteiger partial charge in [-0.2, -0.15) is 0 Å². The molecule has 0 aliphatic carbocycles. The summed E-state index contributed by atoms with van der Waals surface area (Å²) in [5, 5.41) is 10.8. The van der Waals surface area contributed by atoms with Gasteiger partial charge in [-0.3, -0.25) is 4.90 Å². The van der Waals surface area contributed by atoms with Gasteiger partial charge in [-0.25, -0.2) is 4.79 Å². The Kier molecular flexibility index (Phi) is 3.41. The van der Waals surface area contributed by atoms with Crippen LogP contribution in [0.1, 0.15) is 19.4 Å². The molecule has 0 radical (unpaired) electrons. The van der Waals surface area contributed by atoms with Crippen molar-refractivity contribution in [1.29, 1.82) is 0 Å². The van der Waals surface area contributed by atoms with Crippen molar-refractivity contribution in [2.45, 2.75) is 50.7 Å². The third-order valence-corrected chi connectivity index (χ3v) is 4.68. The minimum absolute atomic E-state index is 0.100. The molecule has 3 aliphatic rings. The molecule has 1 aromatic rings. The summed E-state index contributed by atoms with van der Waals surface area (Å²) in [6.07, 6.45) is -2.65. The van der Waals surface area contributed by atoms with Crippen LogP contribution in [0.5, 0.6) is 0 Å². The van der Waals surface area contributed by atoms with Gasteiger partial charge < -0.3 is 24.1 Å². The lowest BCUT2D eigenvalue weighted by atomic mass is 9.97. The third kappa shape index (κ3) is 2.39. The maximum Gasteiger partial charge on any atom is 0.417 e. The van der Waals surface area contributed by atoms with Gasteiger partial charge >= 0.3 is 6.09 Å². The van der Waals surface area contributed by atoms with Crippen LogP contribution in [0.2, 0.25) is 0 Å². The van der Waals surface area contributed by atoms with E-state index in [1.807, 2.05) is 31.2 Å². The van der Waals surface area contributed by atoms with E-state index in [1.54, 1.807) is 13.8 Å². The number of benzene rings is 1. The van der Waals surface area contributed by atoms with Crippen LogP contribution >= 0.6 is 0 Å². The number of aliphatic hydroxyl groups excluding tert-OH is 1. The lowest BCUT2D eigenvalue weighted by Crippen LogP contribution is -2.61. The monoisotopic (exact) mass is 335 g/mol. The molecule has 7 heteroatoms. The summed E-state index contributed by atoms with van der Waals surface area (Å²) >= 11 is 0. The number of rotatable bonds is 1. The van der Waals surface area contributed by atoms with E-state index in [2.05, 4.69) is 0 Å². The largest absolute Gasteiger partial charge is 0.417 e. The normalized spacial score (nSPS) is 37.6. The fourth-order valence-electron chi connectivity index (χ4n) is 3.49. The number of fused-ring (bicyclic) bond motifs is 1. The van der Waals surface area contributed by atoms with E-state index in [9.17, 15) is 9.90 Å². The Morgan fingerprint density at radius 2 is 1.92 bits per heavy atom. The molecule has 24 heavy (non-hydrogen) atoms. The predicted molar refractivity (Wildman–Crippen MR) is 83.5 cm³/mol. The molecule has 1 aromatic carbocycles. The van der Waals surface area contributed by atoms with Crippen LogP contribution in [0.4, 0.5) is 10.5 Å². The molecule has 1 N–H and O–H groups in total. The van der Waals surface area contributed by atoms with Crippen molar-refractivity contribution < 1.29 is 28.8 Å². The summed E-state index contributed by atoms with van der Waals surface area (Å²) in [4.78, 5) is 13.8. The molecule has 130 valence electrons. The molecule has 3 aliphatic heterocycles. The van der Waals surface area contributed by atoms with Crippen molar-refractivity contribution >= 4 is 11.8 Å². The van der Waals surface area contributed by atoms with E-state index < -0.39 is 29.9 Å². The van der Waals surface area contributed by atoms with Crippen LogP contribution in [-0.4, -0.2) is 54.2 Å². The Labute approximate surface area is 140 Å². The van der Waals surface area contributed by atoms with E-state index in [0.29, 0.717) is 5.69 Å². The van der Waals surface area contributed by atoms with Crippen molar-refractivity contribution in [3.8, 4) is 0 Å². The van der Waals surface area contributed by atoms with Gasteiger partial charge in [-0.1, -0.05) is 17.7 Å². The van der Waals surface area contributed by atoms with E-state index in [0.717, 1.165) is 5.56 Å². The van der Waals surface area contributed by atoms with E-state index in [1.165, 1.54) is 4.90 Å². The average Bonchev–Trinajstić information content (AvgIpc) is 3.02. The van der Waals surface area contributed by atoms with Gasteiger partial charge in [0.2, 0.25) is 0 Å². The van der Waals surface area contributed by atoms with E-state index in [4.69, 9.17) is 18.9 Å². The Balaban J connectivity index is 1.58. The quantitative estimate of drug-likeness (QED) is 0.839. The van der Waals surface area contributed by atoms with Crippen LogP contribution < -0.4 is 4.90 Å². The summed E-state index contributed by atoms with van der Waals surface area (Å²) < 4.78 is 22.7. The number of carbonyl (C=O) groups is 1. The van der Waals surface area contributed by atoms with Crippen LogP contribution in [0.25, 0.3) is 0 Å². The topological polar surface area (TPSA) is 77.5 Å². The number of hydrogen-bond acceptors (Lipinski definition) is 6. The summed E-state index contributed by atoms with van der Waals surface area (Å²) in [5.41, 5.74) is 1.79. The Bertz CT molecular complexity index is 660. The Morgan fingerprint density at radius 1 is 1.21 bits per heavy atom. The van der Waals surface area contributed by atoms with Crippen LogP contribution in [0.3, 0.4) is 0 Å². The van der Waals surface area contributed by atoms with Crippen LogP contribution in [-0.2, 0) is 18.9 Å². The van der Waals surface area contributed by atoms with Gasteiger partial charge in [0.05, 0.1) is 13.2 Å².